The second-order valence-electron chi connectivity index (χ2n) is 6.18. The Bertz CT molecular complexity index is 636. The number of anilines is 2. The van der Waals surface area contributed by atoms with Gasteiger partial charge in [0.25, 0.3) is 0 Å². The van der Waals surface area contributed by atoms with Gasteiger partial charge in [0.15, 0.2) is 0 Å². The summed E-state index contributed by atoms with van der Waals surface area (Å²) in [4.78, 5) is 7.00. The van der Waals surface area contributed by atoms with E-state index in [-0.39, 0.29) is 24.8 Å². The fourth-order valence-corrected chi connectivity index (χ4v) is 3.06. The van der Waals surface area contributed by atoms with E-state index in [0.29, 0.717) is 5.92 Å². The van der Waals surface area contributed by atoms with Gasteiger partial charge in [-0.2, -0.15) is 0 Å². The zero-order valence-electron chi connectivity index (χ0n) is 13.9. The fourth-order valence-electron chi connectivity index (χ4n) is 3.06. The number of benzene rings is 1. The molecule has 0 radical (unpaired) electrons. The topological polar surface area (TPSA) is 54.2 Å². The lowest BCUT2D eigenvalue weighted by Crippen LogP contribution is -2.22. The van der Waals surface area contributed by atoms with E-state index in [4.69, 9.17) is 5.73 Å². The van der Waals surface area contributed by atoms with E-state index in [0.717, 1.165) is 43.4 Å². The molecule has 1 atom stereocenters. The average molecular weight is 369 g/mol. The molecule has 1 fully saturated rings. The summed E-state index contributed by atoms with van der Waals surface area (Å²) in [5.74, 6) is 1.66. The fraction of sp³-hybridized carbons (Fsp3) is 0.389. The van der Waals surface area contributed by atoms with E-state index < -0.39 is 0 Å². The van der Waals surface area contributed by atoms with Gasteiger partial charge in [-0.15, -0.1) is 24.8 Å². The molecule has 0 bridgehead atoms. The van der Waals surface area contributed by atoms with E-state index in [1.54, 1.807) is 0 Å². The number of aromatic nitrogens is 1. The van der Waals surface area contributed by atoms with Gasteiger partial charge in [0.2, 0.25) is 0 Å². The summed E-state index contributed by atoms with van der Waals surface area (Å²) in [5.41, 5.74) is 9.05. The van der Waals surface area contributed by atoms with Crippen molar-refractivity contribution in [2.45, 2.75) is 19.9 Å². The minimum absolute atomic E-state index is 0. The number of hydrogen-bond donors (Lipinski definition) is 2. The Morgan fingerprint density at radius 1 is 1.21 bits per heavy atom. The smallest absolute Gasteiger partial charge is 0.126 e. The molecule has 132 valence electrons. The zero-order valence-corrected chi connectivity index (χ0v) is 15.6. The SMILES string of the molecule is Cc1cccc(NCC2CCN(Cc3cccc(N)c3)C2)n1.Cl.Cl. The molecule has 3 rings (SSSR count). The van der Waals surface area contributed by atoms with Crippen molar-refractivity contribution in [2.24, 2.45) is 5.92 Å². The van der Waals surface area contributed by atoms with E-state index >= 15 is 0 Å². The highest BCUT2D eigenvalue weighted by Crippen LogP contribution is 2.20. The normalized spacial score (nSPS) is 17.0. The maximum Gasteiger partial charge on any atom is 0.126 e. The van der Waals surface area contributed by atoms with Crippen LogP contribution in [0.1, 0.15) is 17.7 Å². The van der Waals surface area contributed by atoms with Gasteiger partial charge in [0.05, 0.1) is 0 Å². The van der Waals surface area contributed by atoms with E-state index in [9.17, 15) is 0 Å². The van der Waals surface area contributed by atoms with Gasteiger partial charge in [-0.3, -0.25) is 4.90 Å². The molecule has 3 N–H and O–H groups in total. The summed E-state index contributed by atoms with van der Waals surface area (Å²) in [6.45, 7) is 6.29. The number of nitrogens with one attached hydrogen (secondary N) is 1. The Labute approximate surface area is 156 Å². The molecule has 0 aliphatic carbocycles. The number of nitrogens with two attached hydrogens (primary N) is 1. The first-order valence-corrected chi connectivity index (χ1v) is 7.93. The standard InChI is InChI=1S/C18H24N4.2ClH/c1-14-4-2-7-18(21-14)20-11-16-8-9-22(13-16)12-15-5-3-6-17(19)10-15;;/h2-7,10,16H,8-9,11-13,19H2,1H3,(H,20,21);2*1H. The number of halogens is 2. The van der Waals surface area contributed by atoms with Crippen LogP contribution in [0.3, 0.4) is 0 Å². The average Bonchev–Trinajstić information content (AvgIpc) is 2.93. The highest BCUT2D eigenvalue weighted by Gasteiger charge is 2.22. The van der Waals surface area contributed by atoms with Crippen LogP contribution in [0.2, 0.25) is 0 Å². The predicted octanol–water partition coefficient (Wildman–Crippen LogP) is 3.75. The van der Waals surface area contributed by atoms with Gasteiger partial charge in [0, 0.05) is 31.0 Å². The molecule has 6 heteroatoms. The van der Waals surface area contributed by atoms with E-state index in [1.165, 1.54) is 12.0 Å². The Morgan fingerprint density at radius 3 is 2.75 bits per heavy atom. The van der Waals surface area contributed by atoms with Crippen LogP contribution in [-0.4, -0.2) is 29.5 Å². The van der Waals surface area contributed by atoms with Gasteiger partial charge in [-0.1, -0.05) is 18.2 Å². The third-order valence-electron chi connectivity index (χ3n) is 4.19. The van der Waals surface area contributed by atoms with E-state index in [2.05, 4.69) is 27.3 Å². The molecule has 1 aliphatic rings. The van der Waals surface area contributed by atoms with Gasteiger partial charge in [0.1, 0.15) is 5.82 Å². The summed E-state index contributed by atoms with van der Waals surface area (Å²) in [7, 11) is 0. The number of nitrogen functional groups attached to an aromatic ring is 1. The van der Waals surface area contributed by atoms with Crippen LogP contribution in [-0.2, 0) is 6.54 Å². The van der Waals surface area contributed by atoms with Crippen molar-refractivity contribution in [3.8, 4) is 0 Å². The minimum atomic E-state index is 0. The molecule has 0 amide bonds. The van der Waals surface area contributed by atoms with Crippen molar-refractivity contribution in [2.75, 3.05) is 30.7 Å². The minimum Gasteiger partial charge on any atom is -0.399 e. The van der Waals surface area contributed by atoms with Crippen LogP contribution in [0.15, 0.2) is 42.5 Å². The van der Waals surface area contributed by atoms with Crippen LogP contribution in [0.4, 0.5) is 11.5 Å². The highest BCUT2D eigenvalue weighted by molar-refractivity contribution is 5.85. The molecule has 4 nitrogen and oxygen atoms in total. The molecule has 2 aromatic rings. The quantitative estimate of drug-likeness (QED) is 0.789. The van der Waals surface area contributed by atoms with Crippen molar-refractivity contribution < 1.29 is 0 Å². The molecule has 1 saturated heterocycles. The molecule has 24 heavy (non-hydrogen) atoms. The van der Waals surface area contributed by atoms with Crippen molar-refractivity contribution >= 4 is 36.3 Å². The Morgan fingerprint density at radius 2 is 2.00 bits per heavy atom. The predicted molar refractivity (Wildman–Crippen MR) is 106 cm³/mol. The van der Waals surface area contributed by atoms with Gasteiger partial charge in [-0.05, 0) is 55.6 Å². The molecule has 0 spiro atoms. The maximum absolute atomic E-state index is 5.85. The van der Waals surface area contributed by atoms with Crippen molar-refractivity contribution in [1.82, 2.24) is 9.88 Å². The summed E-state index contributed by atoms with van der Waals surface area (Å²) >= 11 is 0. The van der Waals surface area contributed by atoms with Crippen LogP contribution in [0, 0.1) is 12.8 Å². The first-order chi connectivity index (χ1) is 10.7. The Hall–Kier alpha value is -1.49. The van der Waals surface area contributed by atoms with Gasteiger partial charge < -0.3 is 11.1 Å². The number of aryl methyl sites for hydroxylation is 1. The lowest BCUT2D eigenvalue weighted by Gasteiger charge is -2.17. The van der Waals surface area contributed by atoms with Gasteiger partial charge in [-0.25, -0.2) is 4.98 Å². The summed E-state index contributed by atoms with van der Waals surface area (Å²) in [6, 6.07) is 14.3. The molecule has 2 heterocycles. The second kappa shape index (κ2) is 9.72. The number of hydrogen-bond acceptors (Lipinski definition) is 4. The summed E-state index contributed by atoms with van der Waals surface area (Å²) in [5, 5.41) is 3.46. The molecular weight excluding hydrogens is 343 g/mol. The maximum atomic E-state index is 5.85. The van der Waals surface area contributed by atoms with Crippen LogP contribution < -0.4 is 11.1 Å². The number of pyridine rings is 1. The molecular formula is C18H26Cl2N4. The Balaban J connectivity index is 0.00000144. The summed E-state index contributed by atoms with van der Waals surface area (Å²) < 4.78 is 0. The van der Waals surface area contributed by atoms with Crippen LogP contribution >= 0.6 is 24.8 Å². The monoisotopic (exact) mass is 368 g/mol. The zero-order chi connectivity index (χ0) is 15.4. The first kappa shape index (κ1) is 20.6. The molecule has 0 saturated carbocycles. The molecule has 1 unspecified atom stereocenters. The molecule has 1 aromatic carbocycles. The Kier molecular flexibility index (Phi) is 8.32. The van der Waals surface area contributed by atoms with Gasteiger partial charge >= 0.3 is 0 Å². The largest absolute Gasteiger partial charge is 0.399 e. The number of rotatable bonds is 5. The van der Waals surface area contributed by atoms with Crippen LogP contribution in [0.5, 0.6) is 0 Å². The highest BCUT2D eigenvalue weighted by atomic mass is 35.5. The third kappa shape index (κ3) is 5.86. The third-order valence-corrected chi connectivity index (χ3v) is 4.19. The van der Waals surface area contributed by atoms with Crippen molar-refractivity contribution in [1.29, 1.82) is 0 Å². The molecule has 1 aromatic heterocycles. The number of nitrogens with zero attached hydrogens (tertiary/aromatic N) is 2. The van der Waals surface area contributed by atoms with Crippen molar-refractivity contribution in [3.63, 3.8) is 0 Å². The lowest BCUT2D eigenvalue weighted by molar-refractivity contribution is 0.319. The first-order valence-electron chi connectivity index (χ1n) is 7.93. The lowest BCUT2D eigenvalue weighted by atomic mass is 10.1. The van der Waals surface area contributed by atoms with Crippen LogP contribution in [0.25, 0.3) is 0 Å². The second-order valence-corrected chi connectivity index (χ2v) is 6.18. The molecule has 1 aliphatic heterocycles. The van der Waals surface area contributed by atoms with Crippen molar-refractivity contribution in [3.05, 3.63) is 53.7 Å². The number of likely N-dealkylation sites (tertiary alicyclic amines) is 1. The summed E-state index contributed by atoms with van der Waals surface area (Å²) in [6.07, 6.45) is 1.24. The van der Waals surface area contributed by atoms with E-state index in [1.807, 2.05) is 37.3 Å².